The molecule has 1 atom stereocenters. The Kier molecular flexibility index (Phi) is 6.57. The lowest BCUT2D eigenvalue weighted by atomic mass is 9.97. The molecule has 2 nitrogen and oxygen atoms in total. The lowest BCUT2D eigenvalue weighted by Crippen LogP contribution is -2.12. The lowest BCUT2D eigenvalue weighted by Gasteiger charge is -2.13. The Morgan fingerprint density at radius 2 is 1.58 bits per heavy atom. The Balaban J connectivity index is 0.00000180. The highest BCUT2D eigenvalue weighted by atomic mass is 35.5. The molecule has 2 aromatic carbocycles. The third kappa shape index (κ3) is 4.35. The number of rotatable bonds is 5. The van der Waals surface area contributed by atoms with Crippen LogP contribution >= 0.6 is 12.4 Å². The van der Waals surface area contributed by atoms with Crippen molar-refractivity contribution in [1.82, 2.24) is 0 Å². The fourth-order valence-electron chi connectivity index (χ4n) is 2.08. The Morgan fingerprint density at radius 3 is 2.26 bits per heavy atom. The summed E-state index contributed by atoms with van der Waals surface area (Å²) >= 11 is 0. The first-order chi connectivity index (χ1) is 8.81. The predicted octanol–water partition coefficient (Wildman–Crippen LogP) is 3.51. The van der Waals surface area contributed by atoms with Crippen LogP contribution in [0.1, 0.15) is 24.4 Å². The van der Waals surface area contributed by atoms with Gasteiger partial charge in [0.15, 0.2) is 0 Å². The van der Waals surface area contributed by atoms with Gasteiger partial charge in [-0.3, -0.25) is 0 Å². The van der Waals surface area contributed by atoms with Gasteiger partial charge in [0.25, 0.3) is 0 Å². The summed E-state index contributed by atoms with van der Waals surface area (Å²) < 4.78 is 0. The summed E-state index contributed by atoms with van der Waals surface area (Å²) in [5.74, 6) is 0. The van der Waals surface area contributed by atoms with Crippen LogP contribution in [0.2, 0.25) is 0 Å². The Hall–Kier alpha value is -1.35. The minimum atomic E-state index is 0. The molecule has 0 unspecified atom stereocenters. The van der Waals surface area contributed by atoms with Crippen LogP contribution in [0.15, 0.2) is 54.6 Å². The quantitative estimate of drug-likeness (QED) is 0.878. The van der Waals surface area contributed by atoms with Gasteiger partial charge in [-0.05, 0) is 42.1 Å². The van der Waals surface area contributed by atoms with Crippen molar-refractivity contribution >= 4 is 12.4 Å². The molecule has 4 N–H and O–H groups in total. The van der Waals surface area contributed by atoms with E-state index < -0.39 is 0 Å². The van der Waals surface area contributed by atoms with E-state index in [2.05, 4.69) is 48.5 Å². The molecule has 0 saturated heterocycles. The van der Waals surface area contributed by atoms with Gasteiger partial charge in [-0.25, -0.2) is 0 Å². The van der Waals surface area contributed by atoms with Crippen LogP contribution in [-0.4, -0.2) is 6.54 Å². The standard InChI is InChI=1S/C16H20N2.ClH/c17-11-5-10-16(18)15-9-4-8-14(12-15)13-6-2-1-3-7-13;/h1-4,6-9,12,16H,5,10-11,17-18H2;1H/t16-;/m1./s1. The number of halogens is 1. The molecule has 102 valence electrons. The molecule has 3 heteroatoms. The second-order valence-corrected chi connectivity index (χ2v) is 4.53. The molecule has 0 saturated carbocycles. The minimum absolute atomic E-state index is 0. The third-order valence-corrected chi connectivity index (χ3v) is 3.14. The molecule has 2 rings (SSSR count). The van der Waals surface area contributed by atoms with Gasteiger partial charge < -0.3 is 11.5 Å². The van der Waals surface area contributed by atoms with E-state index in [0.717, 1.165) is 12.8 Å². The number of benzene rings is 2. The van der Waals surface area contributed by atoms with Crippen molar-refractivity contribution in [2.75, 3.05) is 6.54 Å². The first-order valence-electron chi connectivity index (χ1n) is 6.42. The third-order valence-electron chi connectivity index (χ3n) is 3.14. The number of nitrogens with two attached hydrogens (primary N) is 2. The Morgan fingerprint density at radius 1 is 0.895 bits per heavy atom. The highest BCUT2D eigenvalue weighted by molar-refractivity contribution is 5.85. The largest absolute Gasteiger partial charge is 0.330 e. The van der Waals surface area contributed by atoms with Gasteiger partial charge in [0, 0.05) is 6.04 Å². The maximum Gasteiger partial charge on any atom is 0.0295 e. The molecule has 0 aliphatic rings. The van der Waals surface area contributed by atoms with E-state index in [4.69, 9.17) is 11.5 Å². The first-order valence-corrected chi connectivity index (χ1v) is 6.42. The minimum Gasteiger partial charge on any atom is -0.330 e. The molecular weight excluding hydrogens is 256 g/mol. The summed E-state index contributed by atoms with van der Waals surface area (Å²) in [6.45, 7) is 0.700. The van der Waals surface area contributed by atoms with E-state index in [0.29, 0.717) is 6.54 Å². The van der Waals surface area contributed by atoms with Gasteiger partial charge in [-0.15, -0.1) is 12.4 Å². The van der Waals surface area contributed by atoms with Crippen LogP contribution in [0.3, 0.4) is 0 Å². The Labute approximate surface area is 121 Å². The summed E-state index contributed by atoms with van der Waals surface area (Å²) in [6, 6.07) is 18.9. The SMILES string of the molecule is Cl.NCCC[C@@H](N)c1cccc(-c2ccccc2)c1. The Bertz CT molecular complexity index is 485. The fraction of sp³-hybridized carbons (Fsp3) is 0.250. The van der Waals surface area contributed by atoms with Crippen LogP contribution in [0.25, 0.3) is 11.1 Å². The van der Waals surface area contributed by atoms with Crippen LogP contribution in [0, 0.1) is 0 Å². The van der Waals surface area contributed by atoms with Crippen molar-refractivity contribution in [2.45, 2.75) is 18.9 Å². The molecule has 2 aromatic rings. The van der Waals surface area contributed by atoms with Crippen molar-refractivity contribution < 1.29 is 0 Å². The molecule has 0 bridgehead atoms. The van der Waals surface area contributed by atoms with Gasteiger partial charge in [-0.1, -0.05) is 48.5 Å². The maximum absolute atomic E-state index is 6.17. The summed E-state index contributed by atoms with van der Waals surface area (Å²) in [5, 5.41) is 0. The number of hydrogen-bond acceptors (Lipinski definition) is 2. The van der Waals surface area contributed by atoms with E-state index in [1.165, 1.54) is 16.7 Å². The van der Waals surface area contributed by atoms with Gasteiger partial charge in [0.05, 0.1) is 0 Å². The lowest BCUT2D eigenvalue weighted by molar-refractivity contribution is 0.618. The van der Waals surface area contributed by atoms with Crippen LogP contribution in [0.5, 0.6) is 0 Å². The van der Waals surface area contributed by atoms with Crippen LogP contribution in [-0.2, 0) is 0 Å². The summed E-state index contributed by atoms with van der Waals surface area (Å²) in [5.41, 5.74) is 15.3. The summed E-state index contributed by atoms with van der Waals surface area (Å²) in [7, 11) is 0. The molecular formula is C16H21ClN2. The van der Waals surface area contributed by atoms with E-state index in [9.17, 15) is 0 Å². The molecule has 0 aromatic heterocycles. The first kappa shape index (κ1) is 15.7. The highest BCUT2D eigenvalue weighted by Crippen LogP contribution is 2.23. The summed E-state index contributed by atoms with van der Waals surface area (Å²) in [4.78, 5) is 0. The fourth-order valence-corrected chi connectivity index (χ4v) is 2.08. The molecule has 0 fully saturated rings. The van der Waals surface area contributed by atoms with E-state index in [1.807, 2.05) is 6.07 Å². The van der Waals surface area contributed by atoms with E-state index >= 15 is 0 Å². The van der Waals surface area contributed by atoms with Gasteiger partial charge in [-0.2, -0.15) is 0 Å². The van der Waals surface area contributed by atoms with Crippen molar-refractivity contribution in [3.05, 3.63) is 60.2 Å². The topological polar surface area (TPSA) is 52.0 Å². The van der Waals surface area contributed by atoms with Crippen molar-refractivity contribution in [2.24, 2.45) is 11.5 Å². The van der Waals surface area contributed by atoms with Gasteiger partial charge in [0.1, 0.15) is 0 Å². The smallest absolute Gasteiger partial charge is 0.0295 e. The molecule has 0 radical (unpaired) electrons. The van der Waals surface area contributed by atoms with Crippen molar-refractivity contribution in [3.8, 4) is 11.1 Å². The zero-order valence-electron chi connectivity index (χ0n) is 11.0. The zero-order chi connectivity index (χ0) is 12.8. The molecule has 0 aliphatic carbocycles. The summed E-state index contributed by atoms with van der Waals surface area (Å²) in [6.07, 6.45) is 1.91. The van der Waals surface area contributed by atoms with Crippen LogP contribution < -0.4 is 11.5 Å². The van der Waals surface area contributed by atoms with Crippen molar-refractivity contribution in [3.63, 3.8) is 0 Å². The second-order valence-electron chi connectivity index (χ2n) is 4.53. The maximum atomic E-state index is 6.17. The second kappa shape index (κ2) is 7.95. The number of hydrogen-bond donors (Lipinski definition) is 2. The molecule has 0 aliphatic heterocycles. The molecule has 19 heavy (non-hydrogen) atoms. The zero-order valence-corrected chi connectivity index (χ0v) is 11.8. The molecule has 0 heterocycles. The average Bonchev–Trinajstić information content (AvgIpc) is 2.46. The van der Waals surface area contributed by atoms with Crippen molar-refractivity contribution in [1.29, 1.82) is 0 Å². The molecule has 0 amide bonds. The van der Waals surface area contributed by atoms with Crippen LogP contribution in [0.4, 0.5) is 0 Å². The van der Waals surface area contributed by atoms with E-state index in [-0.39, 0.29) is 18.4 Å². The predicted molar refractivity (Wildman–Crippen MR) is 84.3 cm³/mol. The highest BCUT2D eigenvalue weighted by Gasteiger charge is 2.06. The normalized spacial score (nSPS) is 11.7. The van der Waals surface area contributed by atoms with Gasteiger partial charge >= 0.3 is 0 Å². The monoisotopic (exact) mass is 276 g/mol. The average molecular weight is 277 g/mol. The molecule has 0 spiro atoms. The van der Waals surface area contributed by atoms with Gasteiger partial charge in [0.2, 0.25) is 0 Å². The van der Waals surface area contributed by atoms with E-state index in [1.54, 1.807) is 0 Å².